The normalized spacial score (nSPS) is 10.7. The fourth-order valence-electron chi connectivity index (χ4n) is 1.59. The summed E-state index contributed by atoms with van der Waals surface area (Å²) >= 11 is 0. The molecule has 0 saturated heterocycles. The number of nitrogens with two attached hydrogens (primary N) is 1. The molecular formula is C13H17N3O2. The van der Waals surface area contributed by atoms with Crippen LogP contribution < -0.4 is 15.2 Å². The van der Waals surface area contributed by atoms with E-state index < -0.39 is 0 Å². The van der Waals surface area contributed by atoms with Crippen LogP contribution in [0.25, 0.3) is 0 Å². The SMILES string of the molecule is COc1ccc(Oc2nc(N)cn2C(C)C)cc1. The maximum atomic E-state index is 5.71. The van der Waals surface area contributed by atoms with E-state index in [9.17, 15) is 0 Å². The molecule has 0 aliphatic rings. The van der Waals surface area contributed by atoms with Gasteiger partial charge in [0.2, 0.25) is 0 Å². The lowest BCUT2D eigenvalue weighted by molar-refractivity contribution is 0.391. The smallest absolute Gasteiger partial charge is 0.304 e. The van der Waals surface area contributed by atoms with Crippen LogP contribution >= 0.6 is 0 Å². The highest BCUT2D eigenvalue weighted by Crippen LogP contribution is 2.26. The molecule has 5 nitrogen and oxygen atoms in total. The molecule has 0 unspecified atom stereocenters. The highest BCUT2D eigenvalue weighted by molar-refractivity contribution is 5.35. The first-order chi connectivity index (χ1) is 8.60. The summed E-state index contributed by atoms with van der Waals surface area (Å²) in [7, 11) is 1.63. The molecule has 5 heteroatoms. The predicted octanol–water partition coefficient (Wildman–Crippen LogP) is 2.85. The Labute approximate surface area is 106 Å². The van der Waals surface area contributed by atoms with Crippen LogP contribution in [0.5, 0.6) is 17.5 Å². The maximum Gasteiger partial charge on any atom is 0.304 e. The van der Waals surface area contributed by atoms with Crippen molar-refractivity contribution >= 4 is 5.82 Å². The largest absolute Gasteiger partial charge is 0.497 e. The van der Waals surface area contributed by atoms with Crippen LogP contribution in [0.3, 0.4) is 0 Å². The Morgan fingerprint density at radius 3 is 2.33 bits per heavy atom. The highest BCUT2D eigenvalue weighted by Gasteiger charge is 2.11. The minimum Gasteiger partial charge on any atom is -0.497 e. The van der Waals surface area contributed by atoms with Crippen molar-refractivity contribution in [3.8, 4) is 17.5 Å². The first-order valence-electron chi connectivity index (χ1n) is 5.76. The molecule has 0 fully saturated rings. The molecule has 18 heavy (non-hydrogen) atoms. The molecule has 0 spiro atoms. The zero-order valence-electron chi connectivity index (χ0n) is 10.8. The van der Waals surface area contributed by atoms with E-state index in [1.54, 1.807) is 13.3 Å². The van der Waals surface area contributed by atoms with Gasteiger partial charge in [-0.15, -0.1) is 0 Å². The molecule has 2 N–H and O–H groups in total. The van der Waals surface area contributed by atoms with E-state index in [-0.39, 0.29) is 6.04 Å². The first kappa shape index (κ1) is 12.3. The molecular weight excluding hydrogens is 230 g/mol. The number of ether oxygens (including phenoxy) is 2. The molecule has 1 heterocycles. The minimum atomic E-state index is 0.239. The number of hydrogen-bond acceptors (Lipinski definition) is 4. The fraction of sp³-hybridized carbons (Fsp3) is 0.308. The summed E-state index contributed by atoms with van der Waals surface area (Å²) in [5, 5.41) is 0. The van der Waals surface area contributed by atoms with Gasteiger partial charge in [0.1, 0.15) is 17.3 Å². The topological polar surface area (TPSA) is 62.3 Å². The summed E-state index contributed by atoms with van der Waals surface area (Å²) in [4.78, 5) is 4.16. The third kappa shape index (κ3) is 2.56. The number of nitrogens with zero attached hydrogens (tertiary/aromatic N) is 2. The van der Waals surface area contributed by atoms with Crippen LogP contribution in [0.1, 0.15) is 19.9 Å². The number of methoxy groups -OCH3 is 1. The Morgan fingerprint density at radius 2 is 1.78 bits per heavy atom. The van der Waals surface area contributed by atoms with Gasteiger partial charge in [0, 0.05) is 6.04 Å². The standard InChI is InChI=1S/C13H17N3O2/c1-9(2)16-8-12(14)15-13(16)18-11-6-4-10(17-3)5-7-11/h4-9H,14H2,1-3H3. The first-order valence-corrected chi connectivity index (χ1v) is 5.76. The second kappa shape index (κ2) is 5.00. The maximum absolute atomic E-state index is 5.71. The molecule has 0 saturated carbocycles. The second-order valence-corrected chi connectivity index (χ2v) is 4.23. The lowest BCUT2D eigenvalue weighted by atomic mass is 10.3. The zero-order chi connectivity index (χ0) is 13.1. The molecule has 0 aliphatic heterocycles. The van der Waals surface area contributed by atoms with Crippen LogP contribution in [0.2, 0.25) is 0 Å². The molecule has 2 rings (SSSR count). The zero-order valence-corrected chi connectivity index (χ0v) is 10.8. The van der Waals surface area contributed by atoms with Gasteiger partial charge in [0.25, 0.3) is 0 Å². The molecule has 2 aromatic rings. The highest BCUT2D eigenvalue weighted by atomic mass is 16.5. The second-order valence-electron chi connectivity index (χ2n) is 4.23. The number of hydrogen-bond donors (Lipinski definition) is 1. The van der Waals surface area contributed by atoms with Crippen molar-refractivity contribution in [2.45, 2.75) is 19.9 Å². The Hall–Kier alpha value is -2.17. The Morgan fingerprint density at radius 1 is 1.17 bits per heavy atom. The van der Waals surface area contributed by atoms with Gasteiger partial charge in [-0.05, 0) is 38.1 Å². The lowest BCUT2D eigenvalue weighted by Crippen LogP contribution is -2.02. The van der Waals surface area contributed by atoms with E-state index in [0.717, 1.165) is 5.75 Å². The van der Waals surface area contributed by atoms with Crippen molar-refractivity contribution < 1.29 is 9.47 Å². The predicted molar refractivity (Wildman–Crippen MR) is 70.1 cm³/mol. The molecule has 0 aliphatic carbocycles. The van der Waals surface area contributed by atoms with Crippen molar-refractivity contribution in [1.29, 1.82) is 0 Å². The monoisotopic (exact) mass is 247 g/mol. The summed E-state index contributed by atoms with van der Waals surface area (Å²) in [6, 6.07) is 8.06. The van der Waals surface area contributed by atoms with Crippen molar-refractivity contribution in [1.82, 2.24) is 9.55 Å². The Balaban J connectivity index is 2.22. The number of rotatable bonds is 4. The van der Waals surface area contributed by atoms with Gasteiger partial charge in [-0.3, -0.25) is 4.57 Å². The average Bonchev–Trinajstić information content (AvgIpc) is 2.71. The van der Waals surface area contributed by atoms with Crippen molar-refractivity contribution in [2.75, 3.05) is 12.8 Å². The van der Waals surface area contributed by atoms with E-state index in [1.165, 1.54) is 0 Å². The van der Waals surface area contributed by atoms with Crippen molar-refractivity contribution in [2.24, 2.45) is 0 Å². The van der Waals surface area contributed by atoms with Crippen LogP contribution in [-0.4, -0.2) is 16.7 Å². The number of imidazole rings is 1. The van der Waals surface area contributed by atoms with Crippen molar-refractivity contribution in [3.63, 3.8) is 0 Å². The van der Waals surface area contributed by atoms with Gasteiger partial charge in [-0.2, -0.15) is 4.98 Å². The van der Waals surface area contributed by atoms with Crippen LogP contribution in [0.15, 0.2) is 30.5 Å². The summed E-state index contributed by atoms with van der Waals surface area (Å²) in [5.41, 5.74) is 5.68. The molecule has 0 bridgehead atoms. The molecule has 0 atom stereocenters. The van der Waals surface area contributed by atoms with Gasteiger partial charge in [0.15, 0.2) is 0 Å². The van der Waals surface area contributed by atoms with Crippen LogP contribution in [0.4, 0.5) is 5.82 Å². The third-order valence-corrected chi connectivity index (χ3v) is 2.54. The summed E-state index contributed by atoms with van der Waals surface area (Å²) < 4.78 is 12.7. The van der Waals surface area contributed by atoms with E-state index >= 15 is 0 Å². The van der Waals surface area contributed by atoms with Gasteiger partial charge in [-0.25, -0.2) is 0 Å². The number of anilines is 1. The van der Waals surface area contributed by atoms with E-state index in [0.29, 0.717) is 17.6 Å². The third-order valence-electron chi connectivity index (χ3n) is 2.54. The molecule has 0 radical (unpaired) electrons. The summed E-state index contributed by atoms with van der Waals surface area (Å²) in [6.45, 7) is 4.09. The van der Waals surface area contributed by atoms with Crippen molar-refractivity contribution in [3.05, 3.63) is 30.5 Å². The van der Waals surface area contributed by atoms with Gasteiger partial charge >= 0.3 is 6.01 Å². The van der Waals surface area contributed by atoms with Gasteiger partial charge < -0.3 is 15.2 Å². The minimum absolute atomic E-state index is 0.239. The van der Waals surface area contributed by atoms with Crippen LogP contribution in [0, 0.1) is 0 Å². The summed E-state index contributed by atoms with van der Waals surface area (Å²) in [5.74, 6) is 1.93. The Bertz CT molecular complexity index is 518. The fourth-order valence-corrected chi connectivity index (χ4v) is 1.59. The van der Waals surface area contributed by atoms with E-state index in [2.05, 4.69) is 4.98 Å². The molecule has 96 valence electrons. The number of benzene rings is 1. The van der Waals surface area contributed by atoms with E-state index in [1.807, 2.05) is 42.7 Å². The molecule has 1 aromatic heterocycles. The quantitative estimate of drug-likeness (QED) is 0.902. The molecule has 0 amide bonds. The Kier molecular flexibility index (Phi) is 3.41. The van der Waals surface area contributed by atoms with Gasteiger partial charge in [-0.1, -0.05) is 0 Å². The lowest BCUT2D eigenvalue weighted by Gasteiger charge is -2.11. The molecule has 1 aromatic carbocycles. The summed E-state index contributed by atoms with van der Waals surface area (Å²) in [6.07, 6.45) is 1.77. The number of aromatic nitrogens is 2. The van der Waals surface area contributed by atoms with E-state index in [4.69, 9.17) is 15.2 Å². The van der Waals surface area contributed by atoms with Crippen LogP contribution in [-0.2, 0) is 0 Å². The average molecular weight is 247 g/mol. The number of nitrogen functional groups attached to an aromatic ring is 1. The van der Waals surface area contributed by atoms with Gasteiger partial charge in [0.05, 0.1) is 13.3 Å².